The van der Waals surface area contributed by atoms with Crippen LogP contribution in [0.5, 0.6) is 0 Å². The van der Waals surface area contributed by atoms with Crippen molar-refractivity contribution in [3.05, 3.63) is 0 Å². The summed E-state index contributed by atoms with van der Waals surface area (Å²) < 4.78 is 31.8. The molecule has 2 N–H and O–H groups in total. The third-order valence-corrected chi connectivity index (χ3v) is 6.78. The van der Waals surface area contributed by atoms with E-state index in [2.05, 4.69) is 6.92 Å². The van der Waals surface area contributed by atoms with E-state index in [1.165, 1.54) is 57.8 Å². The topological polar surface area (TPSA) is 74.6 Å². The van der Waals surface area contributed by atoms with Gasteiger partial charge in [-0.25, -0.2) is 0 Å². The van der Waals surface area contributed by atoms with Gasteiger partial charge < -0.3 is 5.11 Å². The molecule has 0 saturated heterocycles. The molecule has 0 aromatic heterocycles. The molecule has 27 heavy (non-hydrogen) atoms. The van der Waals surface area contributed by atoms with Crippen LogP contribution in [0.1, 0.15) is 129 Å². The molecule has 2 atom stereocenters. The van der Waals surface area contributed by atoms with Gasteiger partial charge in [0, 0.05) is 0 Å². The summed E-state index contributed by atoms with van der Waals surface area (Å²) in [5.74, 6) is 0. The Hall–Kier alpha value is -0.130. The van der Waals surface area contributed by atoms with Gasteiger partial charge >= 0.3 is 0 Å². The predicted octanol–water partition coefficient (Wildman–Crippen LogP) is 6.67. The Morgan fingerprint density at radius 1 is 0.593 bits per heavy atom. The molecule has 0 rings (SSSR count). The molecule has 4 nitrogen and oxygen atoms in total. The second kappa shape index (κ2) is 17.9. The van der Waals surface area contributed by atoms with Crippen LogP contribution < -0.4 is 0 Å². The number of rotatable bonds is 20. The number of hydrogen-bond acceptors (Lipinski definition) is 3. The number of unbranched alkanes of at least 4 members (excludes halogenated alkanes) is 11. The first-order valence-corrected chi connectivity index (χ1v) is 13.1. The van der Waals surface area contributed by atoms with Crippen molar-refractivity contribution >= 4 is 10.1 Å². The fourth-order valence-electron chi connectivity index (χ4n) is 3.76. The van der Waals surface area contributed by atoms with Gasteiger partial charge in [-0.05, 0) is 25.7 Å². The standard InChI is InChI=1S/C22H46O4S/c1-3-17-21(23)19-15-13-11-9-7-5-6-8-10-12-14-16-20-22(18-4-2)27(24,25)26/h21-23H,3-20H2,1-2H3,(H,24,25,26). The quantitative estimate of drug-likeness (QED) is 0.175. The lowest BCUT2D eigenvalue weighted by Crippen LogP contribution is -2.20. The highest BCUT2D eigenvalue weighted by Gasteiger charge is 2.20. The zero-order valence-corrected chi connectivity index (χ0v) is 18.8. The molecule has 0 aliphatic carbocycles. The van der Waals surface area contributed by atoms with Crippen molar-refractivity contribution in [2.24, 2.45) is 0 Å². The molecule has 0 spiro atoms. The zero-order valence-electron chi connectivity index (χ0n) is 18.0. The fraction of sp³-hybridized carbons (Fsp3) is 1.00. The summed E-state index contributed by atoms with van der Waals surface area (Å²) in [6.45, 7) is 4.08. The van der Waals surface area contributed by atoms with Crippen molar-refractivity contribution in [3.63, 3.8) is 0 Å². The Kier molecular flexibility index (Phi) is 17.8. The van der Waals surface area contributed by atoms with Crippen molar-refractivity contribution in [2.75, 3.05) is 0 Å². The van der Waals surface area contributed by atoms with Crippen molar-refractivity contribution in [2.45, 2.75) is 141 Å². The molecule has 0 aliphatic rings. The van der Waals surface area contributed by atoms with Crippen LogP contribution in [0.2, 0.25) is 0 Å². The van der Waals surface area contributed by atoms with Gasteiger partial charge in [0.05, 0.1) is 11.4 Å². The van der Waals surface area contributed by atoms with Crippen molar-refractivity contribution < 1.29 is 18.1 Å². The average molecular weight is 407 g/mol. The van der Waals surface area contributed by atoms with Crippen LogP contribution in [0.3, 0.4) is 0 Å². The van der Waals surface area contributed by atoms with Gasteiger partial charge in [-0.3, -0.25) is 4.55 Å². The third kappa shape index (κ3) is 17.7. The summed E-state index contributed by atoms with van der Waals surface area (Å²) in [5.41, 5.74) is 0. The molecule has 0 amide bonds. The fourth-order valence-corrected chi connectivity index (χ4v) is 4.76. The molecule has 0 saturated carbocycles. The molecule has 5 heteroatoms. The van der Waals surface area contributed by atoms with Gasteiger partial charge in [0.25, 0.3) is 10.1 Å². The first-order valence-electron chi connectivity index (χ1n) is 11.6. The Labute approximate surface area is 169 Å². The van der Waals surface area contributed by atoms with Crippen LogP contribution in [-0.2, 0) is 10.1 Å². The molecular weight excluding hydrogens is 360 g/mol. The largest absolute Gasteiger partial charge is 0.393 e. The maximum Gasteiger partial charge on any atom is 0.267 e. The Morgan fingerprint density at radius 3 is 1.33 bits per heavy atom. The summed E-state index contributed by atoms with van der Waals surface area (Å²) in [5, 5.41) is 9.12. The molecular formula is C22H46O4S. The van der Waals surface area contributed by atoms with E-state index < -0.39 is 15.4 Å². The molecule has 0 radical (unpaired) electrons. The molecule has 164 valence electrons. The van der Waals surface area contributed by atoms with Gasteiger partial charge in [-0.15, -0.1) is 0 Å². The van der Waals surface area contributed by atoms with Crippen molar-refractivity contribution in [1.29, 1.82) is 0 Å². The van der Waals surface area contributed by atoms with Gasteiger partial charge in [-0.1, -0.05) is 104 Å². The first kappa shape index (κ1) is 26.9. The highest BCUT2D eigenvalue weighted by molar-refractivity contribution is 7.86. The highest BCUT2D eigenvalue weighted by atomic mass is 32.2. The van der Waals surface area contributed by atoms with Gasteiger partial charge in [-0.2, -0.15) is 8.42 Å². The van der Waals surface area contributed by atoms with E-state index in [1.54, 1.807) is 0 Å². The molecule has 0 aromatic rings. The molecule has 0 fully saturated rings. The van der Waals surface area contributed by atoms with Crippen LogP contribution in [0.15, 0.2) is 0 Å². The van der Waals surface area contributed by atoms with Crippen LogP contribution in [0.25, 0.3) is 0 Å². The number of aliphatic hydroxyl groups is 1. The van der Waals surface area contributed by atoms with E-state index in [1.807, 2.05) is 6.92 Å². The second-order valence-corrected chi connectivity index (χ2v) is 9.88. The normalized spacial score (nSPS) is 14.4. The number of aliphatic hydroxyl groups excluding tert-OH is 1. The summed E-state index contributed by atoms with van der Waals surface area (Å²) in [7, 11) is -3.86. The Balaban J connectivity index is 3.34. The third-order valence-electron chi connectivity index (χ3n) is 5.47. The van der Waals surface area contributed by atoms with Crippen molar-refractivity contribution in [3.8, 4) is 0 Å². The average Bonchev–Trinajstić information content (AvgIpc) is 2.60. The highest BCUT2D eigenvalue weighted by Crippen LogP contribution is 2.17. The Bertz CT molecular complexity index is 409. The molecule has 0 aromatic carbocycles. The maximum absolute atomic E-state index is 11.3. The minimum Gasteiger partial charge on any atom is -0.393 e. The zero-order chi connectivity index (χ0) is 20.4. The van der Waals surface area contributed by atoms with Crippen LogP contribution in [-0.4, -0.2) is 29.4 Å². The van der Waals surface area contributed by atoms with Crippen LogP contribution >= 0.6 is 0 Å². The van der Waals surface area contributed by atoms with Crippen molar-refractivity contribution in [1.82, 2.24) is 0 Å². The van der Waals surface area contributed by atoms with E-state index in [9.17, 15) is 18.1 Å². The maximum atomic E-state index is 11.3. The SMILES string of the molecule is CCCC(O)CCCCCCCCCCCCCCC(CCC)S(=O)(=O)O. The van der Waals surface area contributed by atoms with Gasteiger partial charge in [0.15, 0.2) is 0 Å². The molecule has 0 bridgehead atoms. The minimum atomic E-state index is -3.86. The molecule has 2 unspecified atom stereocenters. The summed E-state index contributed by atoms with van der Waals surface area (Å²) in [6, 6.07) is 0. The molecule has 0 heterocycles. The van der Waals surface area contributed by atoms with Gasteiger partial charge in [0.2, 0.25) is 0 Å². The van der Waals surface area contributed by atoms with E-state index in [0.29, 0.717) is 12.8 Å². The number of hydrogen-bond donors (Lipinski definition) is 2. The summed E-state index contributed by atoms with van der Waals surface area (Å²) in [6.07, 6.45) is 19.5. The lowest BCUT2D eigenvalue weighted by atomic mass is 10.0. The van der Waals surface area contributed by atoms with Crippen LogP contribution in [0.4, 0.5) is 0 Å². The van der Waals surface area contributed by atoms with E-state index >= 15 is 0 Å². The smallest absolute Gasteiger partial charge is 0.267 e. The summed E-state index contributed by atoms with van der Waals surface area (Å²) in [4.78, 5) is 0. The summed E-state index contributed by atoms with van der Waals surface area (Å²) >= 11 is 0. The van der Waals surface area contributed by atoms with E-state index in [0.717, 1.165) is 44.9 Å². The predicted molar refractivity (Wildman–Crippen MR) is 116 cm³/mol. The second-order valence-electron chi connectivity index (χ2n) is 8.19. The lowest BCUT2D eigenvalue weighted by Gasteiger charge is -2.12. The lowest BCUT2D eigenvalue weighted by molar-refractivity contribution is 0.150. The molecule has 0 aliphatic heterocycles. The van der Waals surface area contributed by atoms with E-state index in [-0.39, 0.29) is 6.10 Å². The monoisotopic (exact) mass is 406 g/mol. The Morgan fingerprint density at radius 2 is 0.963 bits per heavy atom. The minimum absolute atomic E-state index is 0.0828. The van der Waals surface area contributed by atoms with Gasteiger partial charge in [0.1, 0.15) is 0 Å². The van der Waals surface area contributed by atoms with E-state index in [4.69, 9.17) is 0 Å². The first-order chi connectivity index (χ1) is 12.9. The van der Waals surface area contributed by atoms with Crippen LogP contribution in [0, 0.1) is 0 Å².